The van der Waals surface area contributed by atoms with Crippen molar-refractivity contribution in [2.75, 3.05) is 11.9 Å². The first kappa shape index (κ1) is 12.0. The predicted octanol–water partition coefficient (Wildman–Crippen LogP) is 1.90. The van der Waals surface area contributed by atoms with Crippen LogP contribution in [0.1, 0.15) is 6.42 Å². The highest BCUT2D eigenvalue weighted by Crippen LogP contribution is 2.20. The van der Waals surface area contributed by atoms with Gasteiger partial charge in [0, 0.05) is 6.54 Å². The van der Waals surface area contributed by atoms with Gasteiger partial charge in [0.1, 0.15) is 4.47 Å². The largest absolute Gasteiger partial charge is 0.390 e. The summed E-state index contributed by atoms with van der Waals surface area (Å²) in [6.45, 7) is -0.298. The van der Waals surface area contributed by atoms with E-state index in [0.29, 0.717) is 0 Å². The van der Waals surface area contributed by atoms with Crippen molar-refractivity contribution in [3.63, 3.8) is 0 Å². The number of aromatic nitrogens is 2. The fourth-order valence-electron chi connectivity index (χ4n) is 0.846. The zero-order valence-electron chi connectivity index (χ0n) is 7.36. The van der Waals surface area contributed by atoms with Crippen LogP contribution in [-0.4, -0.2) is 22.9 Å². The quantitative estimate of drug-likeness (QED) is 0.892. The molecule has 0 aliphatic rings. The molecule has 0 amide bonds. The van der Waals surface area contributed by atoms with E-state index < -0.39 is 18.2 Å². The van der Waals surface area contributed by atoms with Crippen molar-refractivity contribution in [2.45, 2.75) is 12.6 Å². The van der Waals surface area contributed by atoms with Crippen molar-refractivity contribution in [1.82, 2.24) is 10.2 Å². The van der Waals surface area contributed by atoms with Crippen LogP contribution >= 0.6 is 15.9 Å². The van der Waals surface area contributed by atoms with Gasteiger partial charge in [-0.2, -0.15) is 18.3 Å². The molecule has 0 aliphatic heterocycles. The molecule has 1 aromatic rings. The molecule has 0 radical (unpaired) electrons. The topological polar surface area (TPSA) is 57.8 Å². The molecule has 15 heavy (non-hydrogen) atoms. The van der Waals surface area contributed by atoms with Crippen molar-refractivity contribution < 1.29 is 13.2 Å². The van der Waals surface area contributed by atoms with Crippen LogP contribution < -0.4 is 10.9 Å². The fraction of sp³-hybridized carbons (Fsp3) is 0.429. The van der Waals surface area contributed by atoms with E-state index in [1.165, 1.54) is 6.20 Å². The van der Waals surface area contributed by atoms with E-state index in [1.807, 2.05) is 0 Å². The highest BCUT2D eigenvalue weighted by Gasteiger charge is 2.26. The summed E-state index contributed by atoms with van der Waals surface area (Å²) in [6.07, 6.45) is -3.94. The van der Waals surface area contributed by atoms with Crippen molar-refractivity contribution in [2.24, 2.45) is 0 Å². The summed E-state index contributed by atoms with van der Waals surface area (Å²) >= 11 is 2.93. The molecule has 0 spiro atoms. The van der Waals surface area contributed by atoms with Gasteiger partial charge in [0.25, 0.3) is 5.56 Å². The standard InChI is InChI=1S/C7H7BrF3N3O/c8-5-4(3-13-14-6(5)15)12-2-1-7(9,10)11/h3H,1-2H2,(H2,12,14,15). The third kappa shape index (κ3) is 3.90. The molecule has 0 aromatic carbocycles. The highest BCUT2D eigenvalue weighted by molar-refractivity contribution is 9.10. The monoisotopic (exact) mass is 285 g/mol. The molecule has 8 heteroatoms. The number of rotatable bonds is 3. The van der Waals surface area contributed by atoms with Crippen molar-refractivity contribution in [3.8, 4) is 0 Å². The van der Waals surface area contributed by atoms with Gasteiger partial charge in [0.05, 0.1) is 18.3 Å². The zero-order chi connectivity index (χ0) is 11.5. The van der Waals surface area contributed by atoms with E-state index in [2.05, 4.69) is 31.4 Å². The second kappa shape index (κ2) is 4.65. The number of hydrogen-bond acceptors (Lipinski definition) is 3. The zero-order valence-corrected chi connectivity index (χ0v) is 8.94. The average molecular weight is 286 g/mol. The summed E-state index contributed by atoms with van der Waals surface area (Å²) in [5.41, 5.74) is -0.255. The van der Waals surface area contributed by atoms with E-state index in [1.54, 1.807) is 0 Å². The Bertz CT molecular complexity index is 390. The average Bonchev–Trinajstić information content (AvgIpc) is 2.10. The molecule has 0 unspecified atom stereocenters. The van der Waals surface area contributed by atoms with Gasteiger partial charge < -0.3 is 5.32 Å². The molecule has 84 valence electrons. The maximum Gasteiger partial charge on any atom is 0.390 e. The van der Waals surface area contributed by atoms with Crippen LogP contribution in [0.5, 0.6) is 0 Å². The first-order chi connectivity index (χ1) is 6.90. The highest BCUT2D eigenvalue weighted by atomic mass is 79.9. The van der Waals surface area contributed by atoms with Crippen LogP contribution in [-0.2, 0) is 0 Å². The Labute approximate surface area is 91.0 Å². The summed E-state index contributed by atoms with van der Waals surface area (Å²) in [5.74, 6) is 0. The number of hydrogen-bond donors (Lipinski definition) is 2. The summed E-state index contributed by atoms with van der Waals surface area (Å²) in [6, 6.07) is 0. The minimum Gasteiger partial charge on any atom is -0.382 e. The van der Waals surface area contributed by atoms with Gasteiger partial charge in [-0.15, -0.1) is 0 Å². The number of nitrogens with one attached hydrogen (secondary N) is 2. The maximum absolute atomic E-state index is 11.8. The maximum atomic E-state index is 11.8. The van der Waals surface area contributed by atoms with Gasteiger partial charge >= 0.3 is 6.18 Å². The van der Waals surface area contributed by atoms with Crippen LogP contribution in [0.4, 0.5) is 18.9 Å². The molecule has 2 N–H and O–H groups in total. The van der Waals surface area contributed by atoms with Crippen LogP contribution in [0, 0.1) is 0 Å². The molecular formula is C7H7BrF3N3O. The van der Waals surface area contributed by atoms with E-state index in [4.69, 9.17) is 0 Å². The fourth-order valence-corrected chi connectivity index (χ4v) is 1.18. The molecule has 0 saturated carbocycles. The van der Waals surface area contributed by atoms with Crippen LogP contribution in [0.2, 0.25) is 0 Å². The van der Waals surface area contributed by atoms with Gasteiger partial charge in [-0.25, -0.2) is 5.10 Å². The third-order valence-electron chi connectivity index (χ3n) is 1.52. The minimum absolute atomic E-state index is 0.139. The van der Waals surface area contributed by atoms with Crippen molar-refractivity contribution >= 4 is 21.6 Å². The van der Waals surface area contributed by atoms with E-state index in [9.17, 15) is 18.0 Å². The Kier molecular flexibility index (Phi) is 3.72. The third-order valence-corrected chi connectivity index (χ3v) is 2.31. The first-order valence-electron chi connectivity index (χ1n) is 3.94. The first-order valence-corrected chi connectivity index (χ1v) is 4.73. The van der Waals surface area contributed by atoms with Crippen LogP contribution in [0.15, 0.2) is 15.5 Å². The Hall–Kier alpha value is -1.05. The number of halogens is 4. The van der Waals surface area contributed by atoms with Crippen LogP contribution in [0.25, 0.3) is 0 Å². The van der Waals surface area contributed by atoms with Gasteiger partial charge in [-0.1, -0.05) is 0 Å². The lowest BCUT2D eigenvalue weighted by molar-refractivity contribution is -0.131. The number of nitrogens with zero attached hydrogens (tertiary/aromatic N) is 1. The number of anilines is 1. The molecule has 0 aliphatic carbocycles. The SMILES string of the molecule is O=c1[nH]ncc(NCCC(F)(F)F)c1Br. The van der Waals surface area contributed by atoms with E-state index in [0.717, 1.165) is 0 Å². The van der Waals surface area contributed by atoms with Gasteiger partial charge in [-0.05, 0) is 15.9 Å². The summed E-state index contributed by atoms with van der Waals surface area (Å²) < 4.78 is 35.5. The molecular weight excluding hydrogens is 279 g/mol. The second-order valence-corrected chi connectivity index (χ2v) is 3.51. The molecule has 0 fully saturated rings. The lowest BCUT2D eigenvalue weighted by Gasteiger charge is -2.08. The molecule has 0 bridgehead atoms. The lowest BCUT2D eigenvalue weighted by Crippen LogP contribution is -2.17. The van der Waals surface area contributed by atoms with Crippen molar-refractivity contribution in [3.05, 3.63) is 21.0 Å². The van der Waals surface area contributed by atoms with E-state index >= 15 is 0 Å². The lowest BCUT2D eigenvalue weighted by atomic mass is 10.4. The molecule has 4 nitrogen and oxygen atoms in total. The summed E-state index contributed by atoms with van der Waals surface area (Å²) in [4.78, 5) is 11.0. The molecule has 1 heterocycles. The molecule has 0 saturated heterocycles. The minimum atomic E-state index is -4.21. The summed E-state index contributed by atoms with van der Waals surface area (Å²) in [5, 5.41) is 8.04. The van der Waals surface area contributed by atoms with Gasteiger partial charge in [0.15, 0.2) is 0 Å². The Balaban J connectivity index is 2.59. The second-order valence-electron chi connectivity index (χ2n) is 2.72. The predicted molar refractivity (Wildman–Crippen MR) is 51.7 cm³/mol. The Morgan fingerprint density at radius 3 is 2.80 bits per heavy atom. The van der Waals surface area contributed by atoms with Gasteiger partial charge in [0.2, 0.25) is 0 Å². The van der Waals surface area contributed by atoms with Crippen molar-refractivity contribution in [1.29, 1.82) is 0 Å². The Morgan fingerprint density at radius 1 is 1.53 bits per heavy atom. The normalized spacial score (nSPS) is 11.5. The van der Waals surface area contributed by atoms with Crippen LogP contribution in [0.3, 0.4) is 0 Å². The molecule has 1 rings (SSSR count). The molecule has 1 aromatic heterocycles. The van der Waals surface area contributed by atoms with Gasteiger partial charge in [-0.3, -0.25) is 4.79 Å². The number of alkyl halides is 3. The van der Waals surface area contributed by atoms with E-state index in [-0.39, 0.29) is 16.7 Å². The number of aromatic amines is 1. The summed E-state index contributed by atoms with van der Waals surface area (Å²) in [7, 11) is 0. The smallest absolute Gasteiger partial charge is 0.382 e. The Morgan fingerprint density at radius 2 is 2.20 bits per heavy atom. The number of H-pyrrole nitrogens is 1. The molecule has 0 atom stereocenters.